The standard InChI is InChI=1S/C18H22ClFN4O.HI/c1-4-21-18(22-9-13-10(2)24-25-11(13)3)23-16-8-12(16)17-14(19)6-5-7-15(17)20;/h5-7,12,16H,4,8-9H2,1-3H3,(H2,21,22,23);1H. The molecule has 2 unspecified atom stereocenters. The molecule has 3 rings (SSSR count). The summed E-state index contributed by atoms with van der Waals surface area (Å²) in [7, 11) is 0. The normalized spacial score (nSPS) is 19.0. The summed E-state index contributed by atoms with van der Waals surface area (Å²) in [5.74, 6) is 1.29. The molecule has 8 heteroatoms. The SMILES string of the molecule is CCNC(=NCc1c(C)noc1C)NC1CC1c1c(F)cccc1Cl.I. The van der Waals surface area contributed by atoms with Crippen LogP contribution >= 0.6 is 35.6 Å². The summed E-state index contributed by atoms with van der Waals surface area (Å²) < 4.78 is 19.2. The lowest BCUT2D eigenvalue weighted by atomic mass is 10.1. The number of aliphatic imine (C=N–C) groups is 1. The smallest absolute Gasteiger partial charge is 0.191 e. The minimum absolute atomic E-state index is 0. The molecule has 0 aliphatic heterocycles. The molecule has 5 nitrogen and oxygen atoms in total. The monoisotopic (exact) mass is 492 g/mol. The summed E-state index contributed by atoms with van der Waals surface area (Å²) in [5.41, 5.74) is 2.42. The van der Waals surface area contributed by atoms with Gasteiger partial charge in [0.2, 0.25) is 0 Å². The van der Waals surface area contributed by atoms with E-state index in [9.17, 15) is 4.39 Å². The number of aromatic nitrogens is 1. The van der Waals surface area contributed by atoms with Crippen molar-refractivity contribution in [2.75, 3.05) is 6.54 Å². The van der Waals surface area contributed by atoms with Gasteiger partial charge in [-0.05, 0) is 39.3 Å². The van der Waals surface area contributed by atoms with Gasteiger partial charge in [-0.25, -0.2) is 9.38 Å². The first-order valence-corrected chi connectivity index (χ1v) is 8.79. The van der Waals surface area contributed by atoms with Gasteiger partial charge in [0.15, 0.2) is 5.96 Å². The number of guanidine groups is 1. The number of rotatable bonds is 5. The summed E-state index contributed by atoms with van der Waals surface area (Å²) in [6.07, 6.45) is 0.830. The van der Waals surface area contributed by atoms with Gasteiger partial charge in [0, 0.05) is 34.7 Å². The summed E-state index contributed by atoms with van der Waals surface area (Å²) in [5, 5.41) is 11.0. The molecule has 142 valence electrons. The van der Waals surface area contributed by atoms with Crippen LogP contribution in [-0.4, -0.2) is 23.7 Å². The number of nitrogens with one attached hydrogen (secondary N) is 2. The molecule has 1 fully saturated rings. The second kappa shape index (κ2) is 9.03. The molecule has 0 saturated heterocycles. The van der Waals surface area contributed by atoms with E-state index in [1.807, 2.05) is 20.8 Å². The maximum atomic E-state index is 14.0. The Labute approximate surface area is 174 Å². The second-order valence-corrected chi connectivity index (χ2v) is 6.63. The predicted octanol–water partition coefficient (Wildman–Crippen LogP) is 4.31. The van der Waals surface area contributed by atoms with E-state index in [0.29, 0.717) is 23.1 Å². The Morgan fingerprint density at radius 3 is 2.81 bits per heavy atom. The zero-order valence-corrected chi connectivity index (χ0v) is 18.1. The minimum atomic E-state index is -0.250. The van der Waals surface area contributed by atoms with Crippen molar-refractivity contribution >= 4 is 41.5 Å². The van der Waals surface area contributed by atoms with Gasteiger partial charge in [0.25, 0.3) is 0 Å². The molecule has 2 aromatic rings. The van der Waals surface area contributed by atoms with Gasteiger partial charge < -0.3 is 15.2 Å². The van der Waals surface area contributed by atoms with Crippen LogP contribution in [0.2, 0.25) is 5.02 Å². The highest BCUT2D eigenvalue weighted by atomic mass is 127. The zero-order chi connectivity index (χ0) is 18.0. The molecule has 26 heavy (non-hydrogen) atoms. The molecule has 0 amide bonds. The Bertz CT molecular complexity index is 756. The van der Waals surface area contributed by atoms with Crippen LogP contribution in [0.25, 0.3) is 0 Å². The van der Waals surface area contributed by atoms with Crippen molar-refractivity contribution in [2.45, 2.75) is 45.7 Å². The van der Waals surface area contributed by atoms with Crippen molar-refractivity contribution in [2.24, 2.45) is 4.99 Å². The number of nitrogens with zero attached hydrogens (tertiary/aromatic N) is 2. The molecule has 0 bridgehead atoms. The lowest BCUT2D eigenvalue weighted by molar-refractivity contribution is 0.392. The maximum Gasteiger partial charge on any atom is 0.191 e. The fourth-order valence-electron chi connectivity index (χ4n) is 2.92. The molecule has 1 heterocycles. The Kier molecular flexibility index (Phi) is 7.28. The topological polar surface area (TPSA) is 62.5 Å². The van der Waals surface area contributed by atoms with Gasteiger partial charge in [-0.3, -0.25) is 0 Å². The van der Waals surface area contributed by atoms with Crippen molar-refractivity contribution in [3.8, 4) is 0 Å². The molecule has 2 N–H and O–H groups in total. The van der Waals surface area contributed by atoms with E-state index in [2.05, 4.69) is 20.8 Å². The van der Waals surface area contributed by atoms with E-state index in [1.54, 1.807) is 12.1 Å². The van der Waals surface area contributed by atoms with Crippen LogP contribution in [0.5, 0.6) is 0 Å². The number of benzene rings is 1. The average Bonchev–Trinajstić information content (AvgIpc) is 3.23. The molecule has 1 aliphatic carbocycles. The molecule has 1 saturated carbocycles. The minimum Gasteiger partial charge on any atom is -0.361 e. The van der Waals surface area contributed by atoms with Gasteiger partial charge >= 0.3 is 0 Å². The largest absolute Gasteiger partial charge is 0.361 e. The fourth-order valence-corrected chi connectivity index (χ4v) is 3.22. The fraction of sp³-hybridized carbons (Fsp3) is 0.444. The van der Waals surface area contributed by atoms with E-state index >= 15 is 0 Å². The molecular weight excluding hydrogens is 470 g/mol. The van der Waals surface area contributed by atoms with Crippen LogP contribution in [0.1, 0.15) is 41.8 Å². The van der Waals surface area contributed by atoms with Gasteiger partial charge in [0.1, 0.15) is 11.6 Å². The number of hydrogen-bond donors (Lipinski definition) is 2. The van der Waals surface area contributed by atoms with Gasteiger partial charge in [-0.1, -0.05) is 22.8 Å². The van der Waals surface area contributed by atoms with E-state index < -0.39 is 0 Å². The van der Waals surface area contributed by atoms with Crippen molar-refractivity contribution in [1.82, 2.24) is 15.8 Å². The third-order valence-corrected chi connectivity index (χ3v) is 4.73. The van der Waals surface area contributed by atoms with E-state index in [1.165, 1.54) is 6.07 Å². The van der Waals surface area contributed by atoms with Gasteiger partial charge in [-0.2, -0.15) is 0 Å². The van der Waals surface area contributed by atoms with Crippen LogP contribution in [0, 0.1) is 19.7 Å². The molecule has 0 radical (unpaired) electrons. The van der Waals surface area contributed by atoms with E-state index in [4.69, 9.17) is 16.1 Å². The quantitative estimate of drug-likeness (QED) is 0.371. The van der Waals surface area contributed by atoms with Crippen LogP contribution in [0.3, 0.4) is 0 Å². The summed E-state index contributed by atoms with van der Waals surface area (Å²) in [6, 6.07) is 4.93. The maximum absolute atomic E-state index is 14.0. The molecule has 1 aromatic heterocycles. The molecule has 2 atom stereocenters. The first-order chi connectivity index (χ1) is 12.0. The molecule has 1 aliphatic rings. The first-order valence-electron chi connectivity index (χ1n) is 8.41. The lowest BCUT2D eigenvalue weighted by Gasteiger charge is -2.12. The van der Waals surface area contributed by atoms with E-state index in [-0.39, 0.29) is 41.8 Å². The van der Waals surface area contributed by atoms with Crippen molar-refractivity contribution < 1.29 is 8.91 Å². The first kappa shape index (κ1) is 21.0. The van der Waals surface area contributed by atoms with E-state index in [0.717, 1.165) is 30.0 Å². The number of aryl methyl sites for hydroxylation is 2. The van der Waals surface area contributed by atoms with Crippen LogP contribution in [0.15, 0.2) is 27.7 Å². The molecule has 1 aromatic carbocycles. The molecule has 0 spiro atoms. The predicted molar refractivity (Wildman–Crippen MR) is 112 cm³/mol. The summed E-state index contributed by atoms with van der Waals surface area (Å²) >= 11 is 6.16. The Hall–Kier alpha value is -1.35. The highest BCUT2D eigenvalue weighted by Crippen LogP contribution is 2.44. The Balaban J connectivity index is 0.00000243. The van der Waals surface area contributed by atoms with Crippen molar-refractivity contribution in [1.29, 1.82) is 0 Å². The van der Waals surface area contributed by atoms with Crippen molar-refractivity contribution in [3.63, 3.8) is 0 Å². The lowest BCUT2D eigenvalue weighted by Crippen LogP contribution is -2.39. The average molecular weight is 493 g/mol. The molecular formula is C18H23ClFIN4O. The Morgan fingerprint density at radius 2 is 2.19 bits per heavy atom. The highest BCUT2D eigenvalue weighted by molar-refractivity contribution is 14.0. The number of halogens is 3. The third-order valence-electron chi connectivity index (χ3n) is 4.40. The summed E-state index contributed by atoms with van der Waals surface area (Å²) in [6.45, 7) is 7.01. The van der Waals surface area contributed by atoms with Crippen LogP contribution < -0.4 is 10.6 Å². The van der Waals surface area contributed by atoms with Crippen LogP contribution in [0.4, 0.5) is 4.39 Å². The third kappa shape index (κ3) is 4.68. The second-order valence-electron chi connectivity index (χ2n) is 6.23. The van der Waals surface area contributed by atoms with Gasteiger partial charge in [0.05, 0.1) is 12.2 Å². The van der Waals surface area contributed by atoms with Crippen LogP contribution in [-0.2, 0) is 6.54 Å². The van der Waals surface area contributed by atoms with Gasteiger partial charge in [-0.15, -0.1) is 24.0 Å². The summed E-state index contributed by atoms with van der Waals surface area (Å²) in [4.78, 5) is 4.60. The highest BCUT2D eigenvalue weighted by Gasteiger charge is 2.41. The zero-order valence-electron chi connectivity index (χ0n) is 15.0. The Morgan fingerprint density at radius 1 is 1.42 bits per heavy atom. The van der Waals surface area contributed by atoms with Crippen molar-refractivity contribution in [3.05, 3.63) is 51.6 Å². The number of hydrogen-bond acceptors (Lipinski definition) is 3.